The molecule has 0 unspecified atom stereocenters. The Morgan fingerprint density at radius 2 is 2.04 bits per heavy atom. The lowest BCUT2D eigenvalue weighted by atomic mass is 9.71. The predicted molar refractivity (Wildman–Crippen MR) is 92.8 cm³/mol. The molecule has 0 amide bonds. The third-order valence-corrected chi connectivity index (χ3v) is 6.20. The fourth-order valence-corrected chi connectivity index (χ4v) is 4.84. The van der Waals surface area contributed by atoms with Gasteiger partial charge in [0.2, 0.25) is 10.0 Å². The van der Waals surface area contributed by atoms with Gasteiger partial charge in [-0.1, -0.05) is 30.7 Å². The van der Waals surface area contributed by atoms with Gasteiger partial charge in [-0.2, -0.15) is 0 Å². The van der Waals surface area contributed by atoms with Crippen LogP contribution in [0.2, 0.25) is 0 Å². The molecule has 1 aliphatic rings. The molecule has 1 saturated carbocycles. The van der Waals surface area contributed by atoms with Crippen LogP contribution in [0.25, 0.3) is 11.3 Å². The summed E-state index contributed by atoms with van der Waals surface area (Å²) in [6.07, 6.45) is 6.30. The molecule has 24 heavy (non-hydrogen) atoms. The number of benzene rings is 1. The number of imidazole rings is 1. The Bertz CT molecular complexity index is 751. The van der Waals surface area contributed by atoms with E-state index in [1.165, 1.54) is 0 Å². The van der Waals surface area contributed by atoms with E-state index in [0.29, 0.717) is 13.2 Å². The summed E-state index contributed by atoms with van der Waals surface area (Å²) in [5, 5.41) is 0. The summed E-state index contributed by atoms with van der Waals surface area (Å²) in [5.41, 5.74) is 2.68. The van der Waals surface area contributed by atoms with Gasteiger partial charge in [0.1, 0.15) is 0 Å². The molecule has 0 radical (unpaired) electrons. The van der Waals surface area contributed by atoms with E-state index in [4.69, 9.17) is 4.74 Å². The van der Waals surface area contributed by atoms with Gasteiger partial charge in [0.05, 0.1) is 30.6 Å². The lowest BCUT2D eigenvalue weighted by molar-refractivity contribution is 0.0356. The van der Waals surface area contributed by atoms with E-state index < -0.39 is 10.0 Å². The van der Waals surface area contributed by atoms with Gasteiger partial charge in [-0.15, -0.1) is 0 Å². The number of aromatic nitrogens is 2. The number of H-pyrrole nitrogens is 1. The number of hydrogen-bond acceptors (Lipinski definition) is 4. The van der Waals surface area contributed by atoms with E-state index in [1.807, 2.05) is 24.3 Å². The Morgan fingerprint density at radius 3 is 2.58 bits per heavy atom. The van der Waals surface area contributed by atoms with Crippen molar-refractivity contribution in [3.8, 4) is 11.3 Å². The topological polar surface area (TPSA) is 84.1 Å². The van der Waals surface area contributed by atoms with Crippen LogP contribution in [0, 0.1) is 5.41 Å². The van der Waals surface area contributed by atoms with Crippen molar-refractivity contribution in [2.75, 3.05) is 19.5 Å². The zero-order valence-electron chi connectivity index (χ0n) is 13.8. The molecule has 1 fully saturated rings. The number of ether oxygens (including phenoxy) is 1. The second-order valence-electron chi connectivity index (χ2n) is 6.53. The van der Waals surface area contributed by atoms with Crippen LogP contribution in [0.4, 0.5) is 0 Å². The zero-order chi connectivity index (χ0) is 17.0. The number of hydrogen-bond donors (Lipinski definition) is 2. The van der Waals surface area contributed by atoms with Gasteiger partial charge in [-0.05, 0) is 24.0 Å². The molecule has 0 spiro atoms. The van der Waals surface area contributed by atoms with Gasteiger partial charge in [-0.3, -0.25) is 0 Å². The number of aromatic amines is 1. The number of nitrogens with zero attached hydrogens (tertiary/aromatic N) is 1. The summed E-state index contributed by atoms with van der Waals surface area (Å²) in [7, 11) is -1.69. The van der Waals surface area contributed by atoms with Crippen molar-refractivity contribution in [2.24, 2.45) is 5.41 Å². The third-order valence-electron chi connectivity index (χ3n) is 4.62. The molecule has 0 saturated heterocycles. The van der Waals surface area contributed by atoms with Gasteiger partial charge >= 0.3 is 0 Å². The largest absolute Gasteiger partial charge is 0.384 e. The Kier molecular flexibility index (Phi) is 5.03. The molecule has 3 rings (SSSR count). The Labute approximate surface area is 142 Å². The van der Waals surface area contributed by atoms with E-state index in [0.717, 1.165) is 36.1 Å². The molecule has 2 N–H and O–H groups in total. The minimum absolute atomic E-state index is 0.139. The van der Waals surface area contributed by atoms with Gasteiger partial charge < -0.3 is 9.72 Å². The Hall–Kier alpha value is -1.70. The Balaban J connectivity index is 1.58. The van der Waals surface area contributed by atoms with Crippen molar-refractivity contribution in [3.05, 3.63) is 42.4 Å². The van der Waals surface area contributed by atoms with Crippen LogP contribution >= 0.6 is 0 Å². The lowest BCUT2D eigenvalue weighted by Gasteiger charge is -2.40. The molecule has 130 valence electrons. The van der Waals surface area contributed by atoms with Crippen LogP contribution in [0.15, 0.2) is 36.8 Å². The van der Waals surface area contributed by atoms with Crippen LogP contribution in [0.5, 0.6) is 0 Å². The first-order chi connectivity index (χ1) is 11.5. The van der Waals surface area contributed by atoms with Crippen molar-refractivity contribution in [2.45, 2.75) is 25.8 Å². The fraction of sp³-hybridized carbons (Fsp3) is 0.471. The maximum Gasteiger partial charge on any atom is 0.212 e. The number of nitrogens with one attached hydrogen (secondary N) is 2. The van der Waals surface area contributed by atoms with E-state index in [-0.39, 0.29) is 11.2 Å². The molecule has 0 atom stereocenters. The van der Waals surface area contributed by atoms with Gasteiger partial charge in [0.15, 0.2) is 0 Å². The molecule has 1 aromatic carbocycles. The summed E-state index contributed by atoms with van der Waals surface area (Å²) in [5.74, 6) is 0.139. The summed E-state index contributed by atoms with van der Waals surface area (Å²) < 4.78 is 32.6. The minimum Gasteiger partial charge on any atom is -0.384 e. The molecule has 7 heteroatoms. The fourth-order valence-electron chi connectivity index (χ4n) is 3.18. The summed E-state index contributed by atoms with van der Waals surface area (Å²) in [6, 6.07) is 7.75. The number of rotatable bonds is 8. The third kappa shape index (κ3) is 4.03. The standard InChI is InChI=1S/C17H23N3O3S/c1-23-11-17(7-2-8-17)12-24(21,22)20-9-14-3-5-15(6-4-14)16-10-18-13-19-16/h3-6,10,13,20H,2,7-9,11-12H2,1H3,(H,18,19). The molecule has 6 nitrogen and oxygen atoms in total. The van der Waals surface area contributed by atoms with Gasteiger partial charge in [0.25, 0.3) is 0 Å². The van der Waals surface area contributed by atoms with Crippen LogP contribution in [-0.4, -0.2) is 37.9 Å². The maximum atomic E-state index is 12.4. The van der Waals surface area contributed by atoms with Gasteiger partial charge in [0, 0.05) is 19.1 Å². The molecule has 1 aromatic heterocycles. The summed E-state index contributed by atoms with van der Waals surface area (Å²) >= 11 is 0. The first-order valence-corrected chi connectivity index (χ1v) is 9.71. The zero-order valence-corrected chi connectivity index (χ0v) is 14.6. The molecular formula is C17H23N3O3S. The highest BCUT2D eigenvalue weighted by molar-refractivity contribution is 7.89. The van der Waals surface area contributed by atoms with Crippen molar-refractivity contribution in [1.82, 2.24) is 14.7 Å². The summed E-state index contributed by atoms with van der Waals surface area (Å²) in [6.45, 7) is 0.807. The average molecular weight is 349 g/mol. The molecule has 1 aliphatic carbocycles. The first-order valence-electron chi connectivity index (χ1n) is 8.06. The molecule has 1 heterocycles. The van der Waals surface area contributed by atoms with Crippen molar-refractivity contribution >= 4 is 10.0 Å². The lowest BCUT2D eigenvalue weighted by Crippen LogP contribution is -2.44. The first kappa shape index (κ1) is 17.1. The van der Waals surface area contributed by atoms with Crippen molar-refractivity contribution in [1.29, 1.82) is 0 Å². The molecular weight excluding hydrogens is 326 g/mol. The predicted octanol–water partition coefficient (Wildman–Crippen LogP) is 2.31. The van der Waals surface area contributed by atoms with E-state index >= 15 is 0 Å². The monoisotopic (exact) mass is 349 g/mol. The highest BCUT2D eigenvalue weighted by Gasteiger charge is 2.40. The maximum absolute atomic E-state index is 12.4. The average Bonchev–Trinajstić information content (AvgIpc) is 3.06. The normalized spacial score (nSPS) is 16.7. The van der Waals surface area contributed by atoms with Crippen LogP contribution in [-0.2, 0) is 21.3 Å². The van der Waals surface area contributed by atoms with E-state index in [9.17, 15) is 8.42 Å². The van der Waals surface area contributed by atoms with E-state index in [1.54, 1.807) is 19.6 Å². The van der Waals surface area contributed by atoms with Crippen LogP contribution in [0.1, 0.15) is 24.8 Å². The van der Waals surface area contributed by atoms with Crippen molar-refractivity contribution in [3.63, 3.8) is 0 Å². The molecule has 2 aromatic rings. The summed E-state index contributed by atoms with van der Waals surface area (Å²) in [4.78, 5) is 7.04. The molecule has 0 aliphatic heterocycles. The molecule has 0 bridgehead atoms. The quantitative estimate of drug-likeness (QED) is 0.766. The van der Waals surface area contributed by atoms with Crippen molar-refractivity contribution < 1.29 is 13.2 Å². The number of methoxy groups -OCH3 is 1. The van der Waals surface area contributed by atoms with E-state index in [2.05, 4.69) is 14.7 Å². The number of sulfonamides is 1. The second kappa shape index (κ2) is 7.04. The van der Waals surface area contributed by atoms with Crippen LogP contribution in [0.3, 0.4) is 0 Å². The van der Waals surface area contributed by atoms with Crippen LogP contribution < -0.4 is 4.72 Å². The van der Waals surface area contributed by atoms with Gasteiger partial charge in [-0.25, -0.2) is 18.1 Å². The highest BCUT2D eigenvalue weighted by Crippen LogP contribution is 2.42. The highest BCUT2D eigenvalue weighted by atomic mass is 32.2. The second-order valence-corrected chi connectivity index (χ2v) is 8.34. The minimum atomic E-state index is -3.32. The Morgan fingerprint density at radius 1 is 1.29 bits per heavy atom. The SMILES string of the molecule is COCC1(CS(=O)(=O)NCc2ccc(-c3cnc[nH]3)cc2)CCC1. The smallest absolute Gasteiger partial charge is 0.212 e.